The van der Waals surface area contributed by atoms with Crippen LogP contribution >= 0.6 is 0 Å². The molecule has 33 heavy (non-hydrogen) atoms. The van der Waals surface area contributed by atoms with Gasteiger partial charge < -0.3 is 25.2 Å². The van der Waals surface area contributed by atoms with Crippen molar-refractivity contribution in [3.8, 4) is 0 Å². The normalized spacial score (nSPS) is 13.3. The van der Waals surface area contributed by atoms with Crippen LogP contribution in [0.3, 0.4) is 0 Å². The summed E-state index contributed by atoms with van der Waals surface area (Å²) in [4.78, 5) is 29.0. The largest absolute Gasteiger partial charge is 0.378 e. The van der Waals surface area contributed by atoms with E-state index in [1.54, 1.807) is 36.2 Å². The van der Waals surface area contributed by atoms with Gasteiger partial charge in [-0.25, -0.2) is 4.79 Å². The molecule has 1 aliphatic heterocycles. The summed E-state index contributed by atoms with van der Waals surface area (Å²) in [5.74, 6) is -0.0763. The molecule has 0 aromatic heterocycles. The number of benzene rings is 3. The van der Waals surface area contributed by atoms with Gasteiger partial charge in [-0.3, -0.25) is 4.79 Å². The molecule has 0 atom stereocenters. The van der Waals surface area contributed by atoms with E-state index in [1.807, 2.05) is 30.3 Å². The lowest BCUT2D eigenvalue weighted by Gasteiger charge is -2.29. The average molecular weight is 445 g/mol. The van der Waals surface area contributed by atoms with E-state index in [0.29, 0.717) is 23.5 Å². The van der Waals surface area contributed by atoms with Gasteiger partial charge in [0.1, 0.15) is 0 Å². The number of carbonyl (C=O) groups is 2. The SMILES string of the molecule is CN(Cc1ccc(N2CCOCC2)cc1)C(=O)c1ccc(NC(=O)Nc2ccccc2)cc1. The van der Waals surface area contributed by atoms with Crippen LogP contribution in [0.2, 0.25) is 0 Å². The number of ether oxygens (including phenoxy) is 1. The van der Waals surface area contributed by atoms with Crippen LogP contribution in [-0.2, 0) is 11.3 Å². The van der Waals surface area contributed by atoms with Crippen LogP contribution in [-0.4, -0.2) is 50.2 Å². The van der Waals surface area contributed by atoms with Gasteiger partial charge in [-0.05, 0) is 54.1 Å². The highest BCUT2D eigenvalue weighted by Crippen LogP contribution is 2.18. The predicted octanol–water partition coefficient (Wildman–Crippen LogP) is 4.44. The Kier molecular flexibility index (Phi) is 7.22. The lowest BCUT2D eigenvalue weighted by Crippen LogP contribution is -2.36. The highest BCUT2D eigenvalue weighted by Gasteiger charge is 2.14. The van der Waals surface area contributed by atoms with Gasteiger partial charge in [0, 0.05) is 49.3 Å². The van der Waals surface area contributed by atoms with Gasteiger partial charge in [-0.1, -0.05) is 30.3 Å². The number of hydrogen-bond acceptors (Lipinski definition) is 4. The van der Waals surface area contributed by atoms with Crippen LogP contribution in [0, 0.1) is 0 Å². The highest BCUT2D eigenvalue weighted by molar-refractivity contribution is 6.00. The molecule has 0 saturated carbocycles. The van der Waals surface area contributed by atoms with Gasteiger partial charge in [-0.15, -0.1) is 0 Å². The minimum absolute atomic E-state index is 0.0763. The zero-order valence-corrected chi connectivity index (χ0v) is 18.7. The van der Waals surface area contributed by atoms with Crippen LogP contribution in [0.15, 0.2) is 78.9 Å². The van der Waals surface area contributed by atoms with Gasteiger partial charge in [0.05, 0.1) is 13.2 Å². The molecule has 3 aromatic rings. The smallest absolute Gasteiger partial charge is 0.323 e. The van der Waals surface area contributed by atoms with Crippen molar-refractivity contribution in [2.75, 3.05) is 48.9 Å². The maximum atomic E-state index is 12.8. The van der Waals surface area contributed by atoms with Gasteiger partial charge in [0.25, 0.3) is 5.91 Å². The summed E-state index contributed by atoms with van der Waals surface area (Å²) >= 11 is 0. The molecule has 7 heteroatoms. The third-order valence-corrected chi connectivity index (χ3v) is 5.50. The molecule has 170 valence electrons. The molecule has 2 N–H and O–H groups in total. The number of hydrogen-bond donors (Lipinski definition) is 2. The number of urea groups is 1. The number of amides is 3. The van der Waals surface area contributed by atoms with Gasteiger partial charge >= 0.3 is 6.03 Å². The molecule has 1 aliphatic rings. The molecule has 4 rings (SSSR count). The maximum Gasteiger partial charge on any atom is 0.323 e. The van der Waals surface area contributed by atoms with Crippen molar-refractivity contribution in [3.63, 3.8) is 0 Å². The zero-order chi connectivity index (χ0) is 23.0. The van der Waals surface area contributed by atoms with E-state index in [1.165, 1.54) is 5.69 Å². The fourth-order valence-corrected chi connectivity index (χ4v) is 3.71. The van der Waals surface area contributed by atoms with Crippen molar-refractivity contribution in [1.29, 1.82) is 0 Å². The molecule has 0 unspecified atom stereocenters. The number of rotatable bonds is 6. The first-order chi connectivity index (χ1) is 16.1. The molecular formula is C26H28N4O3. The average Bonchev–Trinajstić information content (AvgIpc) is 2.85. The van der Waals surface area contributed by atoms with Crippen LogP contribution in [0.1, 0.15) is 15.9 Å². The number of nitrogens with zero attached hydrogens (tertiary/aromatic N) is 2. The van der Waals surface area contributed by atoms with Crippen molar-refractivity contribution in [2.45, 2.75) is 6.54 Å². The van der Waals surface area contributed by atoms with Gasteiger partial charge in [0.15, 0.2) is 0 Å². The van der Waals surface area contributed by atoms with Crippen molar-refractivity contribution in [1.82, 2.24) is 4.90 Å². The fraction of sp³-hybridized carbons (Fsp3) is 0.231. The summed E-state index contributed by atoms with van der Waals surface area (Å²) in [6.45, 7) is 3.82. The van der Waals surface area contributed by atoms with E-state index in [2.05, 4.69) is 39.8 Å². The van der Waals surface area contributed by atoms with Crippen molar-refractivity contribution in [2.24, 2.45) is 0 Å². The second kappa shape index (κ2) is 10.7. The summed E-state index contributed by atoms with van der Waals surface area (Å²) in [7, 11) is 1.79. The molecule has 7 nitrogen and oxygen atoms in total. The van der Waals surface area contributed by atoms with Crippen molar-refractivity contribution >= 4 is 29.0 Å². The van der Waals surface area contributed by atoms with E-state index in [4.69, 9.17) is 4.74 Å². The maximum absolute atomic E-state index is 12.8. The number of nitrogens with one attached hydrogen (secondary N) is 2. The molecule has 0 radical (unpaired) electrons. The number of anilines is 3. The summed E-state index contributed by atoms with van der Waals surface area (Å²) in [6.07, 6.45) is 0. The summed E-state index contributed by atoms with van der Waals surface area (Å²) in [5, 5.41) is 5.53. The number of carbonyl (C=O) groups excluding carboxylic acids is 2. The topological polar surface area (TPSA) is 73.9 Å². The van der Waals surface area contributed by atoms with E-state index >= 15 is 0 Å². The third kappa shape index (κ3) is 6.11. The number of para-hydroxylation sites is 1. The lowest BCUT2D eigenvalue weighted by atomic mass is 10.1. The first-order valence-corrected chi connectivity index (χ1v) is 11.0. The Balaban J connectivity index is 1.30. The quantitative estimate of drug-likeness (QED) is 0.590. The second-order valence-electron chi connectivity index (χ2n) is 7.95. The Morgan fingerprint density at radius 2 is 1.45 bits per heavy atom. The Bertz CT molecular complexity index is 1060. The summed E-state index contributed by atoms with van der Waals surface area (Å²) in [6, 6.07) is 24.1. The van der Waals surface area contributed by atoms with E-state index in [-0.39, 0.29) is 11.9 Å². The Labute approximate surface area is 194 Å². The minimum atomic E-state index is -0.335. The molecular weight excluding hydrogens is 416 g/mol. The van der Waals surface area contributed by atoms with Crippen LogP contribution in [0.5, 0.6) is 0 Å². The second-order valence-corrected chi connectivity index (χ2v) is 7.95. The molecule has 3 aromatic carbocycles. The fourth-order valence-electron chi connectivity index (χ4n) is 3.71. The van der Waals surface area contributed by atoms with Crippen LogP contribution in [0.4, 0.5) is 21.9 Å². The molecule has 1 fully saturated rings. The Hall–Kier alpha value is -3.84. The number of morpholine rings is 1. The van der Waals surface area contributed by atoms with E-state index in [0.717, 1.165) is 31.9 Å². The molecule has 3 amide bonds. The standard InChI is InChI=1S/C26H28N4O3/c1-29(19-20-7-13-24(14-8-20)30-15-17-33-18-16-30)25(31)21-9-11-23(12-10-21)28-26(32)27-22-5-3-2-4-6-22/h2-14H,15-19H2,1H3,(H2,27,28,32). The van der Waals surface area contributed by atoms with Crippen molar-refractivity contribution in [3.05, 3.63) is 90.0 Å². The molecule has 0 aliphatic carbocycles. The Morgan fingerprint density at radius 3 is 2.09 bits per heavy atom. The highest BCUT2D eigenvalue weighted by atomic mass is 16.5. The molecule has 1 heterocycles. The van der Waals surface area contributed by atoms with E-state index in [9.17, 15) is 9.59 Å². The molecule has 0 bridgehead atoms. The summed E-state index contributed by atoms with van der Waals surface area (Å²) in [5.41, 5.74) is 4.13. The van der Waals surface area contributed by atoms with E-state index < -0.39 is 0 Å². The summed E-state index contributed by atoms with van der Waals surface area (Å²) < 4.78 is 5.41. The van der Waals surface area contributed by atoms with Gasteiger partial charge in [0.2, 0.25) is 0 Å². The third-order valence-electron chi connectivity index (χ3n) is 5.50. The van der Waals surface area contributed by atoms with Crippen LogP contribution in [0.25, 0.3) is 0 Å². The van der Waals surface area contributed by atoms with Gasteiger partial charge in [-0.2, -0.15) is 0 Å². The van der Waals surface area contributed by atoms with Crippen molar-refractivity contribution < 1.29 is 14.3 Å². The Morgan fingerprint density at radius 1 is 0.848 bits per heavy atom. The zero-order valence-electron chi connectivity index (χ0n) is 18.7. The van der Waals surface area contributed by atoms with Crippen LogP contribution < -0.4 is 15.5 Å². The molecule has 1 saturated heterocycles. The first-order valence-electron chi connectivity index (χ1n) is 11.0. The minimum Gasteiger partial charge on any atom is -0.378 e. The lowest BCUT2D eigenvalue weighted by molar-refractivity contribution is 0.0785. The molecule has 0 spiro atoms. The predicted molar refractivity (Wildman–Crippen MR) is 131 cm³/mol. The first kappa shape index (κ1) is 22.4. The monoisotopic (exact) mass is 444 g/mol.